The Morgan fingerprint density at radius 3 is 2.79 bits per heavy atom. The molecule has 1 aromatic carbocycles. The minimum atomic E-state index is 0.482. The molecule has 0 saturated heterocycles. The first-order valence-electron chi connectivity index (χ1n) is 5.99. The molecule has 2 aromatic rings. The third kappa shape index (κ3) is 3.55. The fourth-order valence-electron chi connectivity index (χ4n) is 1.69. The molecule has 1 heterocycles. The SMILES string of the molecule is COc1ccc(C=O)cc1OCCc1ccccn1. The Balaban J connectivity index is 2.00. The first kappa shape index (κ1) is 13.1. The monoisotopic (exact) mass is 257 g/mol. The molecule has 0 unspecified atom stereocenters. The third-order valence-corrected chi connectivity index (χ3v) is 2.67. The molecule has 0 aliphatic heterocycles. The number of aldehydes is 1. The van der Waals surface area contributed by atoms with E-state index >= 15 is 0 Å². The number of pyridine rings is 1. The second-order valence-electron chi connectivity index (χ2n) is 3.95. The molecule has 0 saturated carbocycles. The van der Waals surface area contributed by atoms with Gasteiger partial charge in [0.15, 0.2) is 11.5 Å². The number of nitrogens with zero attached hydrogens (tertiary/aromatic N) is 1. The minimum absolute atomic E-state index is 0.482. The van der Waals surface area contributed by atoms with Crippen molar-refractivity contribution in [3.63, 3.8) is 0 Å². The zero-order chi connectivity index (χ0) is 13.5. The summed E-state index contributed by atoms with van der Waals surface area (Å²) in [6, 6.07) is 10.8. The van der Waals surface area contributed by atoms with Crippen molar-refractivity contribution in [1.82, 2.24) is 4.98 Å². The van der Waals surface area contributed by atoms with Gasteiger partial charge in [0.05, 0.1) is 13.7 Å². The Morgan fingerprint density at radius 2 is 2.11 bits per heavy atom. The molecule has 4 nitrogen and oxygen atoms in total. The average molecular weight is 257 g/mol. The van der Waals surface area contributed by atoms with Crippen molar-refractivity contribution in [2.45, 2.75) is 6.42 Å². The van der Waals surface area contributed by atoms with E-state index in [4.69, 9.17) is 9.47 Å². The summed E-state index contributed by atoms with van der Waals surface area (Å²) in [6.45, 7) is 0.482. The van der Waals surface area contributed by atoms with Crippen LogP contribution in [0.5, 0.6) is 11.5 Å². The van der Waals surface area contributed by atoms with Gasteiger partial charge in [-0.1, -0.05) is 6.07 Å². The fraction of sp³-hybridized carbons (Fsp3) is 0.200. The number of hydrogen-bond acceptors (Lipinski definition) is 4. The summed E-state index contributed by atoms with van der Waals surface area (Å²) >= 11 is 0. The summed E-state index contributed by atoms with van der Waals surface area (Å²) in [5, 5.41) is 0. The van der Waals surface area contributed by atoms with Gasteiger partial charge in [0.25, 0.3) is 0 Å². The molecule has 0 bridgehead atoms. The van der Waals surface area contributed by atoms with Crippen molar-refractivity contribution in [1.29, 1.82) is 0 Å². The van der Waals surface area contributed by atoms with Crippen LogP contribution in [0.4, 0.5) is 0 Å². The average Bonchev–Trinajstić information content (AvgIpc) is 2.48. The number of rotatable bonds is 6. The highest BCUT2D eigenvalue weighted by Crippen LogP contribution is 2.27. The lowest BCUT2D eigenvalue weighted by Gasteiger charge is -2.10. The molecule has 0 aliphatic rings. The zero-order valence-electron chi connectivity index (χ0n) is 10.7. The topological polar surface area (TPSA) is 48.4 Å². The van der Waals surface area contributed by atoms with Crippen molar-refractivity contribution in [2.24, 2.45) is 0 Å². The van der Waals surface area contributed by atoms with Gasteiger partial charge in [-0.3, -0.25) is 9.78 Å². The van der Waals surface area contributed by atoms with Crippen LogP contribution in [-0.4, -0.2) is 25.0 Å². The quantitative estimate of drug-likeness (QED) is 0.746. The zero-order valence-corrected chi connectivity index (χ0v) is 10.7. The Hall–Kier alpha value is -2.36. The molecule has 0 aliphatic carbocycles. The van der Waals surface area contributed by atoms with Crippen LogP contribution >= 0.6 is 0 Å². The number of methoxy groups -OCH3 is 1. The van der Waals surface area contributed by atoms with Crippen molar-refractivity contribution < 1.29 is 14.3 Å². The van der Waals surface area contributed by atoms with E-state index in [0.29, 0.717) is 30.1 Å². The van der Waals surface area contributed by atoms with Crippen molar-refractivity contribution in [3.8, 4) is 11.5 Å². The van der Waals surface area contributed by atoms with E-state index in [9.17, 15) is 4.79 Å². The van der Waals surface area contributed by atoms with Crippen LogP contribution in [0.3, 0.4) is 0 Å². The van der Waals surface area contributed by atoms with E-state index in [-0.39, 0.29) is 0 Å². The lowest BCUT2D eigenvalue weighted by Crippen LogP contribution is -2.04. The lowest BCUT2D eigenvalue weighted by molar-refractivity contribution is 0.112. The van der Waals surface area contributed by atoms with Crippen LogP contribution < -0.4 is 9.47 Å². The molecule has 98 valence electrons. The number of carbonyl (C=O) groups is 1. The minimum Gasteiger partial charge on any atom is -0.493 e. The van der Waals surface area contributed by atoms with Gasteiger partial charge in [0, 0.05) is 23.9 Å². The maximum absolute atomic E-state index is 10.7. The van der Waals surface area contributed by atoms with Gasteiger partial charge in [-0.05, 0) is 30.3 Å². The normalized spacial score (nSPS) is 9.95. The van der Waals surface area contributed by atoms with E-state index in [1.54, 1.807) is 31.5 Å². The Labute approximate surface area is 112 Å². The predicted molar refractivity (Wildman–Crippen MR) is 71.8 cm³/mol. The Bertz CT molecular complexity index is 540. The van der Waals surface area contributed by atoms with Crippen LogP contribution in [0.1, 0.15) is 16.1 Å². The highest BCUT2D eigenvalue weighted by Gasteiger charge is 2.05. The first-order valence-corrected chi connectivity index (χ1v) is 5.99. The second kappa shape index (κ2) is 6.54. The summed E-state index contributed by atoms with van der Waals surface area (Å²) in [4.78, 5) is 15.0. The molecule has 0 radical (unpaired) electrons. The van der Waals surface area contributed by atoms with Gasteiger partial charge in [0.2, 0.25) is 0 Å². The van der Waals surface area contributed by atoms with Crippen LogP contribution in [0, 0.1) is 0 Å². The van der Waals surface area contributed by atoms with Gasteiger partial charge in [-0.15, -0.1) is 0 Å². The van der Waals surface area contributed by atoms with Gasteiger partial charge in [-0.25, -0.2) is 0 Å². The molecule has 0 spiro atoms. The molecular weight excluding hydrogens is 242 g/mol. The predicted octanol–water partition coefficient (Wildman–Crippen LogP) is 2.52. The molecule has 0 amide bonds. The highest BCUT2D eigenvalue weighted by molar-refractivity contribution is 5.76. The molecule has 0 atom stereocenters. The summed E-state index contributed by atoms with van der Waals surface area (Å²) in [6.07, 6.45) is 3.24. The molecule has 0 fully saturated rings. The maximum Gasteiger partial charge on any atom is 0.161 e. The highest BCUT2D eigenvalue weighted by atomic mass is 16.5. The van der Waals surface area contributed by atoms with Crippen LogP contribution in [0.15, 0.2) is 42.6 Å². The van der Waals surface area contributed by atoms with Gasteiger partial charge in [0.1, 0.15) is 6.29 Å². The summed E-state index contributed by atoms with van der Waals surface area (Å²) in [7, 11) is 1.57. The molecule has 19 heavy (non-hydrogen) atoms. The fourth-order valence-corrected chi connectivity index (χ4v) is 1.69. The largest absolute Gasteiger partial charge is 0.493 e. The summed E-state index contributed by atoms with van der Waals surface area (Å²) in [5.41, 5.74) is 1.53. The number of aromatic nitrogens is 1. The maximum atomic E-state index is 10.7. The summed E-state index contributed by atoms with van der Waals surface area (Å²) in [5.74, 6) is 1.19. The van der Waals surface area contributed by atoms with Gasteiger partial charge in [-0.2, -0.15) is 0 Å². The van der Waals surface area contributed by atoms with Crippen molar-refractivity contribution in [3.05, 3.63) is 53.9 Å². The molecule has 0 N–H and O–H groups in total. The van der Waals surface area contributed by atoms with Crippen LogP contribution in [0.2, 0.25) is 0 Å². The standard InChI is InChI=1S/C15H15NO3/c1-18-14-6-5-12(11-17)10-15(14)19-9-7-13-4-2-3-8-16-13/h2-6,8,10-11H,7,9H2,1H3. The molecule has 4 heteroatoms. The Morgan fingerprint density at radius 1 is 1.21 bits per heavy atom. The van der Waals surface area contributed by atoms with Gasteiger partial charge < -0.3 is 9.47 Å². The number of benzene rings is 1. The third-order valence-electron chi connectivity index (χ3n) is 2.67. The summed E-state index contributed by atoms with van der Waals surface area (Å²) < 4.78 is 10.8. The Kier molecular flexibility index (Phi) is 4.50. The van der Waals surface area contributed by atoms with E-state index in [2.05, 4.69) is 4.98 Å². The second-order valence-corrected chi connectivity index (χ2v) is 3.95. The van der Waals surface area contributed by atoms with Crippen LogP contribution in [0.25, 0.3) is 0 Å². The molecular formula is C15H15NO3. The van der Waals surface area contributed by atoms with Crippen molar-refractivity contribution >= 4 is 6.29 Å². The molecule has 2 rings (SSSR count). The van der Waals surface area contributed by atoms with E-state index in [1.807, 2.05) is 18.2 Å². The molecule has 1 aromatic heterocycles. The smallest absolute Gasteiger partial charge is 0.161 e. The van der Waals surface area contributed by atoms with Crippen LogP contribution in [-0.2, 0) is 6.42 Å². The lowest BCUT2D eigenvalue weighted by atomic mass is 10.2. The van der Waals surface area contributed by atoms with Crippen molar-refractivity contribution in [2.75, 3.05) is 13.7 Å². The van der Waals surface area contributed by atoms with E-state index in [0.717, 1.165) is 12.0 Å². The van der Waals surface area contributed by atoms with Gasteiger partial charge >= 0.3 is 0 Å². The van der Waals surface area contributed by atoms with E-state index < -0.39 is 0 Å². The number of carbonyl (C=O) groups excluding carboxylic acids is 1. The first-order chi connectivity index (χ1) is 9.33. The number of hydrogen-bond donors (Lipinski definition) is 0. The van der Waals surface area contributed by atoms with E-state index in [1.165, 1.54) is 0 Å². The number of ether oxygens (including phenoxy) is 2.